The molecule has 2 rings (SSSR count). The second kappa shape index (κ2) is 2.06. The largest absolute Gasteiger partial charge is 0.465 e. The maximum absolute atomic E-state index is 11.2. The lowest BCUT2D eigenvalue weighted by Gasteiger charge is -2.06. The third-order valence-electron chi connectivity index (χ3n) is 2.70. The van der Waals surface area contributed by atoms with Crippen LogP contribution in [0.2, 0.25) is 0 Å². The fraction of sp³-hybridized carbons (Fsp3) is 0.750. The van der Waals surface area contributed by atoms with E-state index >= 15 is 0 Å². The Hall–Kier alpha value is -0.860. The molecular weight excluding hydrogens is 144 g/mol. The molecule has 2 fully saturated rings. The van der Waals surface area contributed by atoms with E-state index in [0.29, 0.717) is 18.9 Å². The molecule has 0 aromatic rings. The Labute approximate surface area is 64.7 Å². The number of hydrogen-bond donors (Lipinski definition) is 0. The first-order chi connectivity index (χ1) is 5.20. The molecule has 0 amide bonds. The first-order valence-corrected chi connectivity index (χ1v) is 3.89. The molecule has 1 saturated carbocycles. The van der Waals surface area contributed by atoms with E-state index in [2.05, 4.69) is 0 Å². The van der Waals surface area contributed by atoms with Crippen molar-refractivity contribution >= 4 is 11.8 Å². The third kappa shape index (κ3) is 0.800. The number of ketones is 1. The Bertz CT molecular complexity index is 221. The SMILES string of the molecule is CC1CC(=O)C2C(=O)OCC12. The van der Waals surface area contributed by atoms with Crippen LogP contribution in [0, 0.1) is 17.8 Å². The lowest BCUT2D eigenvalue weighted by atomic mass is 9.94. The minimum absolute atomic E-state index is 0.0741. The number of rotatable bonds is 0. The van der Waals surface area contributed by atoms with Gasteiger partial charge in [0.05, 0.1) is 6.61 Å². The number of esters is 1. The van der Waals surface area contributed by atoms with E-state index in [9.17, 15) is 9.59 Å². The summed E-state index contributed by atoms with van der Waals surface area (Å²) in [5, 5.41) is 0. The Morgan fingerprint density at radius 2 is 2.18 bits per heavy atom. The average molecular weight is 154 g/mol. The van der Waals surface area contributed by atoms with Gasteiger partial charge in [-0.15, -0.1) is 0 Å². The summed E-state index contributed by atoms with van der Waals surface area (Å²) < 4.78 is 4.80. The fourth-order valence-corrected chi connectivity index (χ4v) is 2.00. The summed E-state index contributed by atoms with van der Waals surface area (Å²) in [7, 11) is 0. The molecule has 3 atom stereocenters. The number of fused-ring (bicyclic) bond motifs is 1. The van der Waals surface area contributed by atoms with Crippen LogP contribution in [0.15, 0.2) is 0 Å². The topological polar surface area (TPSA) is 43.4 Å². The zero-order valence-corrected chi connectivity index (χ0v) is 6.37. The summed E-state index contributed by atoms with van der Waals surface area (Å²) in [4.78, 5) is 22.1. The van der Waals surface area contributed by atoms with Crippen LogP contribution in [-0.2, 0) is 14.3 Å². The maximum Gasteiger partial charge on any atom is 0.316 e. The number of carbonyl (C=O) groups is 2. The number of cyclic esters (lactones) is 1. The van der Waals surface area contributed by atoms with Crippen LogP contribution in [0.3, 0.4) is 0 Å². The van der Waals surface area contributed by atoms with Gasteiger partial charge in [-0.25, -0.2) is 0 Å². The first-order valence-electron chi connectivity index (χ1n) is 3.89. The van der Waals surface area contributed by atoms with Crippen LogP contribution in [0.1, 0.15) is 13.3 Å². The normalized spacial score (nSPS) is 42.5. The zero-order valence-electron chi connectivity index (χ0n) is 6.37. The van der Waals surface area contributed by atoms with E-state index in [4.69, 9.17) is 4.74 Å². The van der Waals surface area contributed by atoms with Crippen molar-refractivity contribution in [2.24, 2.45) is 17.8 Å². The predicted octanol–water partition coefficient (Wildman–Crippen LogP) is 0.384. The maximum atomic E-state index is 11.2. The lowest BCUT2D eigenvalue weighted by molar-refractivity contribution is -0.144. The molecule has 60 valence electrons. The molecular formula is C8H10O3. The predicted molar refractivity (Wildman–Crippen MR) is 36.7 cm³/mol. The van der Waals surface area contributed by atoms with E-state index in [-0.39, 0.29) is 17.7 Å². The number of ether oxygens (including phenoxy) is 1. The molecule has 0 aromatic heterocycles. The molecule has 2 aliphatic rings. The summed E-state index contributed by atoms with van der Waals surface area (Å²) >= 11 is 0. The average Bonchev–Trinajstić information content (AvgIpc) is 2.41. The van der Waals surface area contributed by atoms with Crippen molar-refractivity contribution < 1.29 is 14.3 Å². The minimum atomic E-state index is -0.412. The highest BCUT2D eigenvalue weighted by Gasteiger charge is 2.49. The van der Waals surface area contributed by atoms with Gasteiger partial charge in [0, 0.05) is 12.3 Å². The Morgan fingerprint density at radius 3 is 2.82 bits per heavy atom. The zero-order chi connectivity index (χ0) is 8.01. The van der Waals surface area contributed by atoms with Gasteiger partial charge in [-0.1, -0.05) is 6.92 Å². The summed E-state index contributed by atoms with van der Waals surface area (Å²) in [6.07, 6.45) is 0.560. The molecule has 0 spiro atoms. The lowest BCUT2D eigenvalue weighted by Crippen LogP contribution is -2.17. The van der Waals surface area contributed by atoms with Crippen LogP contribution in [0.4, 0.5) is 0 Å². The molecule has 3 nitrogen and oxygen atoms in total. The van der Waals surface area contributed by atoms with Crippen LogP contribution in [0.5, 0.6) is 0 Å². The van der Waals surface area contributed by atoms with E-state index < -0.39 is 5.92 Å². The molecule has 1 aliphatic carbocycles. The van der Waals surface area contributed by atoms with Crippen molar-refractivity contribution in [1.82, 2.24) is 0 Å². The summed E-state index contributed by atoms with van der Waals surface area (Å²) in [6, 6.07) is 0. The van der Waals surface area contributed by atoms with Gasteiger partial charge in [0.25, 0.3) is 0 Å². The fourth-order valence-electron chi connectivity index (χ4n) is 2.00. The van der Waals surface area contributed by atoms with Crippen molar-refractivity contribution in [3.63, 3.8) is 0 Å². The van der Waals surface area contributed by atoms with Gasteiger partial charge in [-0.3, -0.25) is 9.59 Å². The smallest absolute Gasteiger partial charge is 0.316 e. The quantitative estimate of drug-likeness (QED) is 0.374. The number of Topliss-reactive ketones (excluding diaryl/α,β-unsaturated/α-hetero) is 1. The number of hydrogen-bond acceptors (Lipinski definition) is 3. The molecule has 1 saturated heterocycles. The van der Waals surface area contributed by atoms with Crippen LogP contribution >= 0.6 is 0 Å². The van der Waals surface area contributed by atoms with Gasteiger partial charge in [0.2, 0.25) is 0 Å². The second-order valence-corrected chi connectivity index (χ2v) is 3.42. The molecule has 3 heteroatoms. The highest BCUT2D eigenvalue weighted by Crippen LogP contribution is 2.38. The molecule has 0 radical (unpaired) electrons. The summed E-state index contributed by atoms with van der Waals surface area (Å²) in [5.41, 5.74) is 0. The molecule has 1 heterocycles. The molecule has 0 bridgehead atoms. The van der Waals surface area contributed by atoms with Crippen molar-refractivity contribution in [2.45, 2.75) is 13.3 Å². The molecule has 3 unspecified atom stereocenters. The van der Waals surface area contributed by atoms with Crippen LogP contribution < -0.4 is 0 Å². The molecule has 0 aromatic carbocycles. The monoisotopic (exact) mass is 154 g/mol. The van der Waals surface area contributed by atoms with E-state index in [1.54, 1.807) is 0 Å². The van der Waals surface area contributed by atoms with E-state index in [0.717, 1.165) is 0 Å². The van der Waals surface area contributed by atoms with E-state index in [1.807, 2.05) is 6.92 Å². The standard InChI is InChI=1S/C8H10O3/c1-4-2-6(9)7-5(4)3-11-8(7)10/h4-5,7H,2-3H2,1H3. The van der Waals surface area contributed by atoms with Gasteiger partial charge in [-0.05, 0) is 5.92 Å². The Kier molecular flexibility index (Phi) is 1.28. The molecule has 11 heavy (non-hydrogen) atoms. The van der Waals surface area contributed by atoms with Gasteiger partial charge >= 0.3 is 5.97 Å². The highest BCUT2D eigenvalue weighted by atomic mass is 16.5. The Balaban J connectivity index is 2.28. The third-order valence-corrected chi connectivity index (χ3v) is 2.70. The van der Waals surface area contributed by atoms with Gasteiger partial charge in [0.1, 0.15) is 11.7 Å². The van der Waals surface area contributed by atoms with Gasteiger partial charge < -0.3 is 4.74 Å². The van der Waals surface area contributed by atoms with Gasteiger partial charge in [-0.2, -0.15) is 0 Å². The van der Waals surface area contributed by atoms with Crippen LogP contribution in [0.25, 0.3) is 0 Å². The van der Waals surface area contributed by atoms with E-state index in [1.165, 1.54) is 0 Å². The first kappa shape index (κ1) is 6.83. The van der Waals surface area contributed by atoms with Crippen LogP contribution in [-0.4, -0.2) is 18.4 Å². The summed E-state index contributed by atoms with van der Waals surface area (Å²) in [5.74, 6) is -0.131. The van der Waals surface area contributed by atoms with Crippen molar-refractivity contribution in [3.05, 3.63) is 0 Å². The highest BCUT2D eigenvalue weighted by molar-refractivity contribution is 6.02. The Morgan fingerprint density at radius 1 is 1.45 bits per heavy atom. The van der Waals surface area contributed by atoms with Crippen molar-refractivity contribution in [2.75, 3.05) is 6.61 Å². The summed E-state index contributed by atoms with van der Waals surface area (Å²) in [6.45, 7) is 2.46. The van der Waals surface area contributed by atoms with Gasteiger partial charge in [0.15, 0.2) is 0 Å². The minimum Gasteiger partial charge on any atom is -0.465 e. The molecule has 0 N–H and O–H groups in total. The van der Waals surface area contributed by atoms with Crippen molar-refractivity contribution in [1.29, 1.82) is 0 Å². The van der Waals surface area contributed by atoms with Crippen molar-refractivity contribution in [3.8, 4) is 0 Å². The molecule has 1 aliphatic heterocycles. The second-order valence-electron chi connectivity index (χ2n) is 3.42. The number of carbonyl (C=O) groups excluding carboxylic acids is 2.